The van der Waals surface area contributed by atoms with Crippen molar-refractivity contribution in [3.8, 4) is 5.75 Å². The van der Waals surface area contributed by atoms with E-state index in [1.807, 2.05) is 6.92 Å². The third-order valence-electron chi connectivity index (χ3n) is 3.39. The molecule has 0 spiro atoms. The Hall–Kier alpha value is -2.18. The largest absolute Gasteiger partial charge is 0.494 e. The van der Waals surface area contributed by atoms with Gasteiger partial charge in [-0.3, -0.25) is 9.69 Å². The molecule has 122 valence electrons. The molecular weight excluding hydrogens is 345 g/mol. The van der Waals surface area contributed by atoms with E-state index < -0.39 is 0 Å². The van der Waals surface area contributed by atoms with Crippen LogP contribution in [0.25, 0.3) is 6.08 Å². The minimum Gasteiger partial charge on any atom is -0.494 e. The highest BCUT2D eigenvalue weighted by Crippen LogP contribution is 2.36. The number of anilines is 1. The van der Waals surface area contributed by atoms with Gasteiger partial charge in [-0.15, -0.1) is 0 Å². The summed E-state index contributed by atoms with van der Waals surface area (Å²) in [4.78, 5) is 14.5. The van der Waals surface area contributed by atoms with Crippen molar-refractivity contribution in [2.24, 2.45) is 0 Å². The predicted molar refractivity (Wildman–Crippen MR) is 99.7 cm³/mol. The maximum atomic E-state index is 13.8. The van der Waals surface area contributed by atoms with E-state index >= 15 is 0 Å². The summed E-state index contributed by atoms with van der Waals surface area (Å²) in [6, 6.07) is 13.5. The molecule has 0 radical (unpaired) electrons. The van der Waals surface area contributed by atoms with Crippen LogP contribution in [0.2, 0.25) is 0 Å². The summed E-state index contributed by atoms with van der Waals surface area (Å²) in [5.74, 6) is 0.106. The molecule has 24 heavy (non-hydrogen) atoms. The molecular formula is C18H14FNO2S2. The normalized spacial score (nSPS) is 16.1. The van der Waals surface area contributed by atoms with Gasteiger partial charge in [-0.1, -0.05) is 42.2 Å². The highest BCUT2D eigenvalue weighted by molar-refractivity contribution is 8.27. The number of hydrogen-bond donors (Lipinski definition) is 0. The summed E-state index contributed by atoms with van der Waals surface area (Å²) in [7, 11) is 0. The molecule has 0 unspecified atom stereocenters. The van der Waals surface area contributed by atoms with Crippen LogP contribution in [0, 0.1) is 5.82 Å². The third kappa shape index (κ3) is 3.34. The Kier molecular flexibility index (Phi) is 4.97. The Morgan fingerprint density at radius 1 is 1.21 bits per heavy atom. The molecule has 6 heteroatoms. The van der Waals surface area contributed by atoms with Crippen molar-refractivity contribution >= 4 is 46.0 Å². The van der Waals surface area contributed by atoms with Crippen LogP contribution in [-0.2, 0) is 4.79 Å². The van der Waals surface area contributed by atoms with Gasteiger partial charge in [0.25, 0.3) is 5.91 Å². The number of nitrogens with zero attached hydrogens (tertiary/aromatic N) is 1. The summed E-state index contributed by atoms with van der Waals surface area (Å²) in [6.45, 7) is 2.48. The van der Waals surface area contributed by atoms with Crippen molar-refractivity contribution in [2.45, 2.75) is 6.92 Å². The number of benzene rings is 2. The minimum atomic E-state index is -0.371. The zero-order valence-electron chi connectivity index (χ0n) is 12.9. The van der Waals surface area contributed by atoms with Gasteiger partial charge in [-0.05, 0) is 43.3 Å². The molecule has 3 nitrogen and oxygen atoms in total. The standard InChI is InChI=1S/C18H14FNO2S2/c1-2-22-14-9-7-13(8-10-14)20-17(21)16(24-18(20)23)11-12-5-3-4-6-15(12)19/h3-11H,2H2,1H3/b16-11-. The summed E-state index contributed by atoms with van der Waals surface area (Å²) in [5.41, 5.74) is 1.03. The number of carbonyl (C=O) groups is 1. The lowest BCUT2D eigenvalue weighted by atomic mass is 10.2. The van der Waals surface area contributed by atoms with Crippen molar-refractivity contribution < 1.29 is 13.9 Å². The van der Waals surface area contributed by atoms with Gasteiger partial charge in [0.2, 0.25) is 0 Å². The average Bonchev–Trinajstić information content (AvgIpc) is 2.85. The number of thioether (sulfide) groups is 1. The van der Waals surface area contributed by atoms with Crippen LogP contribution in [0.5, 0.6) is 5.75 Å². The van der Waals surface area contributed by atoms with Crippen LogP contribution in [0.3, 0.4) is 0 Å². The number of halogens is 1. The average molecular weight is 359 g/mol. The van der Waals surface area contributed by atoms with Crippen LogP contribution in [0.15, 0.2) is 53.4 Å². The second-order valence-electron chi connectivity index (χ2n) is 4.97. The van der Waals surface area contributed by atoms with E-state index in [0.717, 1.165) is 5.75 Å². The van der Waals surface area contributed by atoms with E-state index in [-0.39, 0.29) is 11.7 Å². The third-order valence-corrected chi connectivity index (χ3v) is 4.69. The van der Waals surface area contributed by atoms with Gasteiger partial charge in [-0.25, -0.2) is 4.39 Å². The van der Waals surface area contributed by atoms with Crippen molar-refractivity contribution in [1.82, 2.24) is 0 Å². The Morgan fingerprint density at radius 2 is 1.92 bits per heavy atom. The quantitative estimate of drug-likeness (QED) is 0.588. The van der Waals surface area contributed by atoms with E-state index in [1.165, 1.54) is 28.8 Å². The van der Waals surface area contributed by atoms with Crippen molar-refractivity contribution in [3.63, 3.8) is 0 Å². The van der Waals surface area contributed by atoms with Gasteiger partial charge in [-0.2, -0.15) is 0 Å². The molecule has 0 bridgehead atoms. The number of rotatable bonds is 4. The highest BCUT2D eigenvalue weighted by atomic mass is 32.2. The van der Waals surface area contributed by atoms with Crippen molar-refractivity contribution in [1.29, 1.82) is 0 Å². The van der Waals surface area contributed by atoms with Crippen molar-refractivity contribution in [3.05, 3.63) is 64.8 Å². The monoisotopic (exact) mass is 359 g/mol. The molecule has 1 heterocycles. The Bertz CT molecular complexity index is 818. The van der Waals surface area contributed by atoms with Crippen LogP contribution in [0.1, 0.15) is 12.5 Å². The molecule has 0 saturated carbocycles. The molecule has 1 aliphatic heterocycles. The molecule has 3 rings (SSSR count). The number of carbonyl (C=O) groups excluding carboxylic acids is 1. The SMILES string of the molecule is CCOc1ccc(N2C(=O)/C(=C/c3ccccc3F)SC2=S)cc1. The van der Waals surface area contributed by atoms with E-state index in [2.05, 4.69) is 0 Å². The van der Waals surface area contributed by atoms with Crippen LogP contribution < -0.4 is 9.64 Å². The Labute approximate surface area is 149 Å². The summed E-state index contributed by atoms with van der Waals surface area (Å²) in [6.07, 6.45) is 1.53. The summed E-state index contributed by atoms with van der Waals surface area (Å²) in [5, 5.41) is 0. The fourth-order valence-corrected chi connectivity index (χ4v) is 3.57. The van der Waals surface area contributed by atoms with Gasteiger partial charge >= 0.3 is 0 Å². The smallest absolute Gasteiger partial charge is 0.270 e. The number of ether oxygens (including phenoxy) is 1. The molecule has 2 aromatic rings. The van der Waals surface area contributed by atoms with Gasteiger partial charge in [0.1, 0.15) is 11.6 Å². The first-order valence-electron chi connectivity index (χ1n) is 7.35. The molecule has 1 amide bonds. The lowest BCUT2D eigenvalue weighted by Crippen LogP contribution is -2.27. The van der Waals surface area contributed by atoms with Crippen LogP contribution in [-0.4, -0.2) is 16.8 Å². The van der Waals surface area contributed by atoms with Crippen LogP contribution >= 0.6 is 24.0 Å². The first-order valence-corrected chi connectivity index (χ1v) is 8.58. The lowest BCUT2D eigenvalue weighted by Gasteiger charge is -2.15. The van der Waals surface area contributed by atoms with E-state index in [4.69, 9.17) is 17.0 Å². The van der Waals surface area contributed by atoms with E-state index in [1.54, 1.807) is 42.5 Å². The Balaban J connectivity index is 1.88. The molecule has 2 aromatic carbocycles. The van der Waals surface area contributed by atoms with E-state index in [0.29, 0.717) is 27.1 Å². The first kappa shape index (κ1) is 16.7. The fraction of sp³-hybridized carbons (Fsp3) is 0.111. The summed E-state index contributed by atoms with van der Waals surface area (Å²) < 4.78 is 19.6. The molecule has 0 aromatic heterocycles. The maximum absolute atomic E-state index is 13.8. The number of thiocarbonyl (C=S) groups is 1. The van der Waals surface area contributed by atoms with Crippen molar-refractivity contribution in [2.75, 3.05) is 11.5 Å². The molecule has 1 saturated heterocycles. The maximum Gasteiger partial charge on any atom is 0.270 e. The molecule has 0 N–H and O–H groups in total. The van der Waals surface area contributed by atoms with E-state index in [9.17, 15) is 9.18 Å². The zero-order valence-corrected chi connectivity index (χ0v) is 14.5. The van der Waals surface area contributed by atoms with Crippen LogP contribution in [0.4, 0.5) is 10.1 Å². The van der Waals surface area contributed by atoms with Gasteiger partial charge in [0.15, 0.2) is 4.32 Å². The number of amides is 1. The van der Waals surface area contributed by atoms with Gasteiger partial charge in [0.05, 0.1) is 17.2 Å². The second kappa shape index (κ2) is 7.15. The van der Waals surface area contributed by atoms with Gasteiger partial charge in [0, 0.05) is 5.56 Å². The molecule has 0 atom stereocenters. The summed E-state index contributed by atoms with van der Waals surface area (Å²) >= 11 is 6.48. The molecule has 1 aliphatic rings. The molecule has 0 aliphatic carbocycles. The fourth-order valence-electron chi connectivity index (χ4n) is 2.28. The topological polar surface area (TPSA) is 29.5 Å². The zero-order chi connectivity index (χ0) is 17.1. The number of hydrogen-bond acceptors (Lipinski definition) is 4. The first-order chi connectivity index (χ1) is 11.6. The lowest BCUT2D eigenvalue weighted by molar-refractivity contribution is -0.113. The minimum absolute atomic E-state index is 0.252. The van der Waals surface area contributed by atoms with Gasteiger partial charge < -0.3 is 4.74 Å². The predicted octanol–water partition coefficient (Wildman–Crippen LogP) is 4.63. The highest BCUT2D eigenvalue weighted by Gasteiger charge is 2.33. The second-order valence-corrected chi connectivity index (χ2v) is 6.64. The Morgan fingerprint density at radius 3 is 2.58 bits per heavy atom. The molecule has 1 fully saturated rings.